The highest BCUT2D eigenvalue weighted by Gasteiger charge is 2.14. The molecule has 6 heteroatoms. The fourth-order valence-electron chi connectivity index (χ4n) is 1.61. The van der Waals surface area contributed by atoms with Gasteiger partial charge >= 0.3 is 0 Å². The minimum atomic E-state index is 0.489. The first-order chi connectivity index (χ1) is 8.60. The average molecular weight is 254 g/mol. The maximum Gasteiger partial charge on any atom is 0.232 e. The predicted octanol–water partition coefficient (Wildman–Crippen LogP) is 0.915. The third-order valence-electron chi connectivity index (χ3n) is 2.35. The molecule has 0 atom stereocenters. The highest BCUT2D eigenvalue weighted by Crippen LogP contribution is 2.20. The van der Waals surface area contributed by atoms with Gasteiger partial charge in [0, 0.05) is 19.6 Å². The van der Waals surface area contributed by atoms with E-state index in [1.807, 2.05) is 4.90 Å². The third-order valence-corrected chi connectivity index (χ3v) is 2.35. The molecule has 1 aromatic heterocycles. The van der Waals surface area contributed by atoms with E-state index < -0.39 is 0 Å². The van der Waals surface area contributed by atoms with Crippen LogP contribution in [-0.2, 0) is 0 Å². The van der Waals surface area contributed by atoms with E-state index >= 15 is 0 Å². The number of aromatic nitrogens is 2. The number of nitrogens with zero attached hydrogens (tertiary/aromatic N) is 3. The molecule has 0 amide bonds. The van der Waals surface area contributed by atoms with Crippen LogP contribution in [0.25, 0.3) is 0 Å². The minimum absolute atomic E-state index is 0.489. The van der Waals surface area contributed by atoms with Gasteiger partial charge < -0.3 is 20.1 Å². The van der Waals surface area contributed by atoms with Crippen molar-refractivity contribution in [3.63, 3.8) is 0 Å². The van der Waals surface area contributed by atoms with Gasteiger partial charge in [-0.1, -0.05) is 13.8 Å². The summed E-state index contributed by atoms with van der Waals surface area (Å²) in [6, 6.07) is 1.65. The fraction of sp³-hybridized carbons (Fsp3) is 0.667. The number of hydrogen-bond donors (Lipinski definition) is 1. The van der Waals surface area contributed by atoms with Gasteiger partial charge in [0.2, 0.25) is 17.7 Å². The standard InChI is InChI=1S/C12H22N4O2/c1-9(2)8-16(6-5-13)12-14-10(17-3)7-11(15-12)18-4/h7,9H,5-6,8,13H2,1-4H3. The van der Waals surface area contributed by atoms with Gasteiger partial charge in [-0.05, 0) is 5.92 Å². The number of rotatable bonds is 7. The summed E-state index contributed by atoms with van der Waals surface area (Å²) in [4.78, 5) is 10.7. The Labute approximate surface area is 108 Å². The maximum atomic E-state index is 5.62. The zero-order valence-corrected chi connectivity index (χ0v) is 11.5. The molecule has 0 fully saturated rings. The summed E-state index contributed by atoms with van der Waals surface area (Å²) >= 11 is 0. The summed E-state index contributed by atoms with van der Waals surface area (Å²) in [7, 11) is 3.14. The first-order valence-electron chi connectivity index (χ1n) is 6.02. The fourth-order valence-corrected chi connectivity index (χ4v) is 1.61. The van der Waals surface area contributed by atoms with Gasteiger partial charge in [-0.3, -0.25) is 0 Å². The molecule has 0 unspecified atom stereocenters. The summed E-state index contributed by atoms with van der Waals surface area (Å²) in [6.45, 7) is 6.37. The molecule has 0 saturated heterocycles. The molecule has 6 nitrogen and oxygen atoms in total. The smallest absolute Gasteiger partial charge is 0.232 e. The summed E-state index contributed by atoms with van der Waals surface area (Å²) in [5, 5.41) is 0. The number of anilines is 1. The monoisotopic (exact) mass is 254 g/mol. The number of nitrogens with two attached hydrogens (primary N) is 1. The van der Waals surface area contributed by atoms with Crippen LogP contribution >= 0.6 is 0 Å². The highest BCUT2D eigenvalue weighted by atomic mass is 16.5. The number of hydrogen-bond acceptors (Lipinski definition) is 6. The van der Waals surface area contributed by atoms with Crippen molar-refractivity contribution < 1.29 is 9.47 Å². The molecule has 1 heterocycles. The Morgan fingerprint density at radius 3 is 2.17 bits per heavy atom. The Morgan fingerprint density at radius 1 is 1.22 bits per heavy atom. The lowest BCUT2D eigenvalue weighted by molar-refractivity contribution is 0.371. The first-order valence-corrected chi connectivity index (χ1v) is 6.02. The SMILES string of the molecule is COc1cc(OC)nc(N(CCN)CC(C)C)n1. The van der Waals surface area contributed by atoms with Gasteiger partial charge in [0.15, 0.2) is 0 Å². The van der Waals surface area contributed by atoms with Crippen LogP contribution in [0.4, 0.5) is 5.95 Å². The zero-order chi connectivity index (χ0) is 13.5. The van der Waals surface area contributed by atoms with Crippen LogP contribution in [0.15, 0.2) is 6.07 Å². The van der Waals surface area contributed by atoms with E-state index in [1.54, 1.807) is 20.3 Å². The largest absolute Gasteiger partial charge is 0.481 e. The molecule has 0 aliphatic rings. The van der Waals surface area contributed by atoms with Gasteiger partial charge in [-0.25, -0.2) is 0 Å². The van der Waals surface area contributed by atoms with Crippen LogP contribution in [0, 0.1) is 5.92 Å². The van der Waals surface area contributed by atoms with E-state index in [-0.39, 0.29) is 0 Å². The highest BCUT2D eigenvalue weighted by molar-refractivity contribution is 5.36. The van der Waals surface area contributed by atoms with Gasteiger partial charge in [-0.15, -0.1) is 0 Å². The van der Waals surface area contributed by atoms with Crippen molar-refractivity contribution in [2.45, 2.75) is 13.8 Å². The van der Waals surface area contributed by atoms with Crippen LogP contribution in [0.1, 0.15) is 13.8 Å². The Morgan fingerprint density at radius 2 is 1.78 bits per heavy atom. The second kappa shape index (κ2) is 7.00. The summed E-state index contributed by atoms with van der Waals surface area (Å²) < 4.78 is 10.3. The molecule has 0 aliphatic heterocycles. The molecule has 18 heavy (non-hydrogen) atoms. The van der Waals surface area contributed by atoms with Gasteiger partial charge in [-0.2, -0.15) is 9.97 Å². The molecule has 0 spiro atoms. The molecule has 0 aliphatic carbocycles. The lowest BCUT2D eigenvalue weighted by atomic mass is 10.2. The predicted molar refractivity (Wildman–Crippen MR) is 71.2 cm³/mol. The van der Waals surface area contributed by atoms with Crippen molar-refractivity contribution >= 4 is 5.95 Å². The molecule has 102 valence electrons. The molecular weight excluding hydrogens is 232 g/mol. The van der Waals surface area contributed by atoms with Crippen molar-refractivity contribution in [2.24, 2.45) is 11.7 Å². The zero-order valence-electron chi connectivity index (χ0n) is 11.5. The molecule has 1 aromatic rings. The van der Waals surface area contributed by atoms with Crippen molar-refractivity contribution in [2.75, 3.05) is 38.8 Å². The van der Waals surface area contributed by atoms with Crippen LogP contribution in [0.3, 0.4) is 0 Å². The Kier molecular flexibility index (Phi) is 5.64. The second-order valence-corrected chi connectivity index (χ2v) is 4.38. The minimum Gasteiger partial charge on any atom is -0.481 e. The van der Waals surface area contributed by atoms with E-state index in [0.717, 1.165) is 6.54 Å². The van der Waals surface area contributed by atoms with Gasteiger partial charge in [0.05, 0.1) is 20.3 Å². The van der Waals surface area contributed by atoms with E-state index in [0.29, 0.717) is 36.7 Å². The van der Waals surface area contributed by atoms with Gasteiger partial charge in [0.1, 0.15) is 0 Å². The van der Waals surface area contributed by atoms with Gasteiger partial charge in [0.25, 0.3) is 0 Å². The first kappa shape index (κ1) is 14.5. The van der Waals surface area contributed by atoms with Crippen molar-refractivity contribution in [1.82, 2.24) is 9.97 Å². The average Bonchev–Trinajstić information content (AvgIpc) is 2.37. The second-order valence-electron chi connectivity index (χ2n) is 4.38. The lowest BCUT2D eigenvalue weighted by Crippen LogP contribution is -2.34. The van der Waals surface area contributed by atoms with Crippen LogP contribution < -0.4 is 20.1 Å². The van der Waals surface area contributed by atoms with Crippen LogP contribution in [-0.4, -0.2) is 43.8 Å². The van der Waals surface area contributed by atoms with Crippen molar-refractivity contribution in [3.8, 4) is 11.8 Å². The molecule has 0 bridgehead atoms. The summed E-state index contributed by atoms with van der Waals surface area (Å²) in [5.41, 5.74) is 5.62. The van der Waals surface area contributed by atoms with Crippen LogP contribution in [0.2, 0.25) is 0 Å². The molecule has 0 radical (unpaired) electrons. The normalized spacial score (nSPS) is 10.6. The molecule has 2 N–H and O–H groups in total. The summed E-state index contributed by atoms with van der Waals surface area (Å²) in [5.74, 6) is 2.06. The molecule has 0 saturated carbocycles. The van der Waals surface area contributed by atoms with E-state index in [9.17, 15) is 0 Å². The van der Waals surface area contributed by atoms with E-state index in [1.165, 1.54) is 0 Å². The number of methoxy groups -OCH3 is 2. The Balaban J connectivity index is 3.01. The Bertz CT molecular complexity index is 349. The summed E-state index contributed by atoms with van der Waals surface area (Å²) in [6.07, 6.45) is 0. The molecule has 1 rings (SSSR count). The van der Waals surface area contributed by atoms with Crippen molar-refractivity contribution in [3.05, 3.63) is 6.07 Å². The maximum absolute atomic E-state index is 5.62. The van der Waals surface area contributed by atoms with Crippen LogP contribution in [0.5, 0.6) is 11.8 Å². The Hall–Kier alpha value is -1.56. The quantitative estimate of drug-likeness (QED) is 0.780. The molecule has 0 aromatic carbocycles. The number of ether oxygens (including phenoxy) is 2. The van der Waals surface area contributed by atoms with Crippen molar-refractivity contribution in [1.29, 1.82) is 0 Å². The lowest BCUT2D eigenvalue weighted by Gasteiger charge is -2.24. The third kappa shape index (κ3) is 4.03. The topological polar surface area (TPSA) is 73.5 Å². The van der Waals surface area contributed by atoms with E-state index in [2.05, 4.69) is 23.8 Å². The van der Waals surface area contributed by atoms with E-state index in [4.69, 9.17) is 15.2 Å². The molecular formula is C12H22N4O2.